The predicted octanol–water partition coefficient (Wildman–Crippen LogP) is 2.62. The molecule has 0 spiro atoms. The number of nitrogens with one attached hydrogen (secondary N) is 2. The first-order valence-electron chi connectivity index (χ1n) is 9.15. The van der Waals surface area contributed by atoms with E-state index in [0.29, 0.717) is 19.1 Å². The van der Waals surface area contributed by atoms with Gasteiger partial charge in [-0.1, -0.05) is 6.07 Å². The number of hydrogen-bond acceptors (Lipinski definition) is 4. The molecule has 1 saturated heterocycles. The number of guanidine groups is 1. The van der Waals surface area contributed by atoms with Gasteiger partial charge in [0.1, 0.15) is 0 Å². The summed E-state index contributed by atoms with van der Waals surface area (Å²) < 4.78 is 24.6. The first-order chi connectivity index (χ1) is 12.5. The van der Waals surface area contributed by atoms with Crippen molar-refractivity contribution in [2.24, 2.45) is 4.99 Å². The van der Waals surface area contributed by atoms with Gasteiger partial charge >= 0.3 is 0 Å². The molecule has 27 heavy (non-hydrogen) atoms. The van der Waals surface area contributed by atoms with Crippen molar-refractivity contribution >= 4 is 29.9 Å². The Morgan fingerprint density at radius 2 is 2.00 bits per heavy atom. The zero-order valence-corrected chi connectivity index (χ0v) is 19.0. The van der Waals surface area contributed by atoms with E-state index in [2.05, 4.69) is 34.4 Å². The highest BCUT2D eigenvalue weighted by molar-refractivity contribution is 14.0. The van der Waals surface area contributed by atoms with E-state index in [0.717, 1.165) is 38.4 Å². The lowest BCUT2D eigenvalue weighted by Gasteiger charge is -2.41. The number of halogens is 2. The molecule has 1 aliphatic heterocycles. The van der Waals surface area contributed by atoms with Crippen molar-refractivity contribution in [3.05, 3.63) is 29.6 Å². The van der Waals surface area contributed by atoms with E-state index >= 15 is 0 Å². The van der Waals surface area contributed by atoms with Gasteiger partial charge in [-0.2, -0.15) is 0 Å². The van der Waals surface area contributed by atoms with Gasteiger partial charge in [0, 0.05) is 38.8 Å². The molecule has 0 amide bonds. The van der Waals surface area contributed by atoms with Crippen molar-refractivity contribution in [1.29, 1.82) is 0 Å². The van der Waals surface area contributed by atoms with E-state index in [9.17, 15) is 4.39 Å². The van der Waals surface area contributed by atoms with Crippen LogP contribution < -0.4 is 15.4 Å². The monoisotopic (exact) mass is 494 g/mol. The first-order valence-corrected chi connectivity index (χ1v) is 9.15. The highest BCUT2D eigenvalue weighted by Crippen LogP contribution is 2.18. The molecule has 1 aromatic carbocycles. The highest BCUT2D eigenvalue weighted by atomic mass is 127. The van der Waals surface area contributed by atoms with Crippen LogP contribution in [0.1, 0.15) is 26.3 Å². The molecule has 0 radical (unpaired) electrons. The van der Waals surface area contributed by atoms with Crippen molar-refractivity contribution in [3.8, 4) is 5.75 Å². The SMILES string of the molecule is CCOc1ccc(CNC(=NC)NCC(C)(C)N2CCOCC2)cc1F.I. The van der Waals surface area contributed by atoms with Crippen molar-refractivity contribution in [1.82, 2.24) is 15.5 Å². The van der Waals surface area contributed by atoms with Crippen LogP contribution in [0.3, 0.4) is 0 Å². The van der Waals surface area contributed by atoms with Gasteiger partial charge in [-0.05, 0) is 38.5 Å². The number of hydrogen-bond donors (Lipinski definition) is 2. The van der Waals surface area contributed by atoms with Crippen molar-refractivity contribution in [2.75, 3.05) is 46.5 Å². The minimum absolute atomic E-state index is 0. The number of ether oxygens (including phenoxy) is 2. The third-order valence-corrected chi connectivity index (χ3v) is 4.54. The molecule has 0 aromatic heterocycles. The minimum Gasteiger partial charge on any atom is -0.491 e. The fourth-order valence-electron chi connectivity index (χ4n) is 2.91. The van der Waals surface area contributed by atoms with Gasteiger partial charge in [0.2, 0.25) is 0 Å². The Balaban J connectivity index is 0.00000364. The van der Waals surface area contributed by atoms with Crippen LogP contribution in [-0.4, -0.2) is 62.9 Å². The molecule has 8 heteroatoms. The molecule has 1 aliphatic rings. The molecule has 2 rings (SSSR count). The van der Waals surface area contributed by atoms with Crippen molar-refractivity contribution < 1.29 is 13.9 Å². The molecule has 1 aromatic rings. The molecule has 1 fully saturated rings. The van der Waals surface area contributed by atoms with Gasteiger partial charge in [-0.15, -0.1) is 24.0 Å². The van der Waals surface area contributed by atoms with Crippen LogP contribution in [0.4, 0.5) is 4.39 Å². The third kappa shape index (κ3) is 7.42. The molecule has 1 heterocycles. The summed E-state index contributed by atoms with van der Waals surface area (Å²) in [4.78, 5) is 6.67. The molecular formula is C19H32FIN4O2. The molecule has 6 nitrogen and oxygen atoms in total. The molecule has 0 atom stereocenters. The van der Waals surface area contributed by atoms with Gasteiger partial charge in [0.25, 0.3) is 0 Å². The summed E-state index contributed by atoms with van der Waals surface area (Å²) in [6, 6.07) is 5.00. The average molecular weight is 494 g/mol. The summed E-state index contributed by atoms with van der Waals surface area (Å²) in [5.41, 5.74) is 0.827. The fraction of sp³-hybridized carbons (Fsp3) is 0.632. The second kappa shape index (κ2) is 11.7. The quantitative estimate of drug-likeness (QED) is 0.347. The zero-order chi connectivity index (χ0) is 19.0. The summed E-state index contributed by atoms with van der Waals surface area (Å²) in [5.74, 6) is 0.634. The van der Waals surface area contributed by atoms with Crippen LogP contribution in [-0.2, 0) is 11.3 Å². The van der Waals surface area contributed by atoms with Gasteiger partial charge in [0.15, 0.2) is 17.5 Å². The van der Waals surface area contributed by atoms with E-state index in [-0.39, 0.29) is 41.1 Å². The number of morpholine rings is 1. The molecule has 154 valence electrons. The number of aliphatic imine (C=N–C) groups is 1. The first kappa shape index (κ1) is 23.9. The predicted molar refractivity (Wildman–Crippen MR) is 118 cm³/mol. The summed E-state index contributed by atoms with van der Waals surface area (Å²) in [6.45, 7) is 11.4. The minimum atomic E-state index is -0.345. The Bertz CT molecular complexity index is 607. The summed E-state index contributed by atoms with van der Waals surface area (Å²) >= 11 is 0. The largest absolute Gasteiger partial charge is 0.491 e. The van der Waals surface area contributed by atoms with E-state index in [1.165, 1.54) is 6.07 Å². The van der Waals surface area contributed by atoms with Crippen molar-refractivity contribution in [2.45, 2.75) is 32.9 Å². The molecule has 0 bridgehead atoms. The maximum absolute atomic E-state index is 13.9. The Morgan fingerprint density at radius 1 is 1.30 bits per heavy atom. The average Bonchev–Trinajstić information content (AvgIpc) is 2.65. The molecule has 0 unspecified atom stereocenters. The Kier molecular flexibility index (Phi) is 10.3. The maximum Gasteiger partial charge on any atom is 0.191 e. The fourth-order valence-corrected chi connectivity index (χ4v) is 2.91. The lowest BCUT2D eigenvalue weighted by molar-refractivity contribution is -0.00834. The van der Waals surface area contributed by atoms with Crippen molar-refractivity contribution in [3.63, 3.8) is 0 Å². The van der Waals surface area contributed by atoms with Gasteiger partial charge < -0.3 is 20.1 Å². The lowest BCUT2D eigenvalue weighted by Crippen LogP contribution is -2.56. The standard InChI is InChI=1S/C19H31FN4O2.HI/c1-5-26-17-7-6-15(12-16(17)20)13-22-18(21-4)23-14-19(2,3)24-8-10-25-11-9-24;/h6-7,12H,5,8-11,13-14H2,1-4H3,(H2,21,22,23);1H. The van der Waals surface area contributed by atoms with Crippen LogP contribution in [0.25, 0.3) is 0 Å². The lowest BCUT2D eigenvalue weighted by atomic mass is 10.0. The van der Waals surface area contributed by atoms with E-state index < -0.39 is 0 Å². The highest BCUT2D eigenvalue weighted by Gasteiger charge is 2.28. The smallest absolute Gasteiger partial charge is 0.191 e. The second-order valence-electron chi connectivity index (χ2n) is 6.89. The van der Waals surface area contributed by atoms with Crippen LogP contribution in [0.5, 0.6) is 5.75 Å². The molecular weight excluding hydrogens is 462 g/mol. The van der Waals surface area contributed by atoms with Crippen LogP contribution in [0.2, 0.25) is 0 Å². The summed E-state index contributed by atoms with van der Waals surface area (Å²) in [6.07, 6.45) is 0. The normalized spacial score (nSPS) is 15.8. The van der Waals surface area contributed by atoms with Crippen LogP contribution >= 0.6 is 24.0 Å². The zero-order valence-electron chi connectivity index (χ0n) is 16.7. The van der Waals surface area contributed by atoms with Crippen LogP contribution in [0, 0.1) is 5.82 Å². The number of rotatable bonds is 7. The van der Waals surface area contributed by atoms with Gasteiger partial charge in [-0.25, -0.2) is 4.39 Å². The number of benzene rings is 1. The van der Waals surface area contributed by atoms with Crippen LogP contribution in [0.15, 0.2) is 23.2 Å². The van der Waals surface area contributed by atoms with E-state index in [1.54, 1.807) is 13.1 Å². The number of nitrogens with zero attached hydrogens (tertiary/aromatic N) is 2. The topological polar surface area (TPSA) is 58.1 Å². The molecule has 0 aliphatic carbocycles. The van der Waals surface area contributed by atoms with Gasteiger partial charge in [0.05, 0.1) is 19.8 Å². The van der Waals surface area contributed by atoms with E-state index in [1.807, 2.05) is 13.0 Å². The summed E-state index contributed by atoms with van der Waals surface area (Å²) in [7, 11) is 1.73. The third-order valence-electron chi connectivity index (χ3n) is 4.54. The van der Waals surface area contributed by atoms with E-state index in [4.69, 9.17) is 9.47 Å². The maximum atomic E-state index is 13.9. The second-order valence-corrected chi connectivity index (χ2v) is 6.89. The summed E-state index contributed by atoms with van der Waals surface area (Å²) in [5, 5.41) is 6.59. The Hall–Kier alpha value is -1.13. The Labute approximate surface area is 178 Å². The molecule has 0 saturated carbocycles. The molecule has 2 N–H and O–H groups in total. The van der Waals surface area contributed by atoms with Gasteiger partial charge in [-0.3, -0.25) is 9.89 Å². The Morgan fingerprint density at radius 3 is 2.59 bits per heavy atom.